The van der Waals surface area contributed by atoms with E-state index < -0.39 is 6.04 Å². The Morgan fingerprint density at radius 2 is 1.85 bits per heavy atom. The van der Waals surface area contributed by atoms with Crippen LogP contribution >= 0.6 is 23.2 Å². The summed E-state index contributed by atoms with van der Waals surface area (Å²) < 4.78 is 0. The molecule has 2 rings (SSSR count). The van der Waals surface area contributed by atoms with Crippen molar-refractivity contribution in [3.05, 3.63) is 58.1 Å². The molecule has 0 radical (unpaired) electrons. The average Bonchev–Trinajstić information content (AvgIpc) is 2.64. The zero-order chi connectivity index (χ0) is 20.0. The van der Waals surface area contributed by atoms with E-state index in [1.165, 1.54) is 0 Å². The first kappa shape index (κ1) is 20.7. The van der Waals surface area contributed by atoms with Crippen molar-refractivity contribution in [3.8, 4) is 6.07 Å². The van der Waals surface area contributed by atoms with Gasteiger partial charge in [-0.05, 0) is 44.3 Å². The molecular formula is C19H18Cl2N4O2. The van der Waals surface area contributed by atoms with E-state index in [0.717, 1.165) is 0 Å². The van der Waals surface area contributed by atoms with E-state index in [-0.39, 0.29) is 18.4 Å². The van der Waals surface area contributed by atoms with Gasteiger partial charge >= 0.3 is 0 Å². The van der Waals surface area contributed by atoms with Crippen LogP contribution in [0.1, 0.15) is 12.5 Å². The van der Waals surface area contributed by atoms with Gasteiger partial charge in [-0.15, -0.1) is 0 Å². The third-order valence-electron chi connectivity index (χ3n) is 3.94. The maximum absolute atomic E-state index is 12.4. The van der Waals surface area contributed by atoms with Gasteiger partial charge in [0, 0.05) is 5.69 Å². The molecule has 0 aliphatic heterocycles. The second-order valence-electron chi connectivity index (χ2n) is 5.91. The highest BCUT2D eigenvalue weighted by Crippen LogP contribution is 2.25. The molecule has 1 unspecified atom stereocenters. The lowest BCUT2D eigenvalue weighted by Gasteiger charge is -2.23. The minimum Gasteiger partial charge on any atom is -0.325 e. The van der Waals surface area contributed by atoms with Crippen LogP contribution in [-0.4, -0.2) is 36.3 Å². The number of hydrogen-bond acceptors (Lipinski definition) is 4. The second kappa shape index (κ2) is 9.38. The van der Waals surface area contributed by atoms with Crippen LogP contribution in [0, 0.1) is 11.3 Å². The van der Waals surface area contributed by atoms with E-state index in [1.54, 1.807) is 61.3 Å². The Kier molecular flexibility index (Phi) is 7.19. The number of halogens is 2. The molecule has 0 aromatic heterocycles. The third-order valence-corrected chi connectivity index (χ3v) is 4.68. The Morgan fingerprint density at radius 3 is 2.52 bits per heavy atom. The van der Waals surface area contributed by atoms with Crippen molar-refractivity contribution in [3.63, 3.8) is 0 Å². The summed E-state index contributed by atoms with van der Waals surface area (Å²) in [6.07, 6.45) is 0. The van der Waals surface area contributed by atoms with Crippen molar-refractivity contribution in [2.45, 2.75) is 13.0 Å². The molecule has 27 heavy (non-hydrogen) atoms. The van der Waals surface area contributed by atoms with E-state index in [0.29, 0.717) is 27.0 Å². The third kappa shape index (κ3) is 5.69. The predicted molar refractivity (Wildman–Crippen MR) is 107 cm³/mol. The number of likely N-dealkylation sites (N-methyl/N-ethyl adjacent to an activating group) is 1. The highest BCUT2D eigenvalue weighted by atomic mass is 35.5. The monoisotopic (exact) mass is 404 g/mol. The van der Waals surface area contributed by atoms with Crippen molar-refractivity contribution < 1.29 is 9.59 Å². The van der Waals surface area contributed by atoms with Gasteiger partial charge in [-0.1, -0.05) is 35.3 Å². The molecule has 0 bridgehead atoms. The van der Waals surface area contributed by atoms with Crippen LogP contribution in [0.5, 0.6) is 0 Å². The van der Waals surface area contributed by atoms with Gasteiger partial charge in [0.15, 0.2) is 0 Å². The number of carbonyl (C=O) groups is 2. The average molecular weight is 405 g/mol. The number of anilines is 2. The predicted octanol–water partition coefficient (Wildman–Crippen LogP) is 3.76. The largest absolute Gasteiger partial charge is 0.325 e. The molecule has 140 valence electrons. The Balaban J connectivity index is 1.94. The first-order valence-electron chi connectivity index (χ1n) is 8.07. The summed E-state index contributed by atoms with van der Waals surface area (Å²) in [7, 11) is 1.66. The van der Waals surface area contributed by atoms with Gasteiger partial charge < -0.3 is 10.6 Å². The topological polar surface area (TPSA) is 85.2 Å². The first-order chi connectivity index (χ1) is 12.8. The zero-order valence-corrected chi connectivity index (χ0v) is 16.3. The molecule has 2 N–H and O–H groups in total. The van der Waals surface area contributed by atoms with Gasteiger partial charge in [-0.3, -0.25) is 14.5 Å². The van der Waals surface area contributed by atoms with Gasteiger partial charge in [0.1, 0.15) is 6.07 Å². The molecule has 2 aromatic rings. The zero-order valence-electron chi connectivity index (χ0n) is 14.8. The summed E-state index contributed by atoms with van der Waals surface area (Å²) in [5.74, 6) is -0.615. The minimum absolute atomic E-state index is 0.00523. The lowest BCUT2D eigenvalue weighted by molar-refractivity contribution is -0.122. The number of rotatable bonds is 6. The summed E-state index contributed by atoms with van der Waals surface area (Å²) >= 11 is 11.8. The lowest BCUT2D eigenvalue weighted by atomic mass is 10.2. The standard InChI is InChI=1S/C19H18Cl2N4O2/c1-12(19(27)24-17-6-4-3-5-13(17)10-22)25(2)11-18(26)23-14-7-8-15(20)16(21)9-14/h3-9,12H,11H2,1-2H3,(H,23,26)(H,24,27). The maximum atomic E-state index is 12.4. The number of amides is 2. The van der Waals surface area contributed by atoms with Gasteiger partial charge in [-0.2, -0.15) is 5.26 Å². The summed E-state index contributed by atoms with van der Waals surface area (Å²) in [6, 6.07) is 12.9. The Labute approximate surface area is 167 Å². The summed E-state index contributed by atoms with van der Waals surface area (Å²) in [5, 5.41) is 15.2. The van der Waals surface area contributed by atoms with Crippen LogP contribution in [-0.2, 0) is 9.59 Å². The number of carbonyl (C=O) groups excluding carboxylic acids is 2. The van der Waals surface area contributed by atoms with Crippen LogP contribution < -0.4 is 10.6 Å². The van der Waals surface area contributed by atoms with Crippen LogP contribution in [0.2, 0.25) is 10.0 Å². The molecule has 0 heterocycles. The molecule has 0 saturated carbocycles. The van der Waals surface area contributed by atoms with E-state index in [9.17, 15) is 9.59 Å². The molecule has 0 aliphatic carbocycles. The Morgan fingerprint density at radius 1 is 1.15 bits per heavy atom. The molecule has 6 nitrogen and oxygen atoms in total. The Hall–Kier alpha value is -2.59. The fraction of sp³-hybridized carbons (Fsp3) is 0.211. The van der Waals surface area contributed by atoms with Crippen molar-refractivity contribution >= 4 is 46.4 Å². The van der Waals surface area contributed by atoms with Crippen molar-refractivity contribution in [1.82, 2.24) is 4.90 Å². The molecule has 8 heteroatoms. The van der Waals surface area contributed by atoms with Gasteiger partial charge in [0.25, 0.3) is 0 Å². The molecule has 0 fully saturated rings. The van der Waals surface area contributed by atoms with E-state index in [1.807, 2.05) is 6.07 Å². The van der Waals surface area contributed by atoms with Crippen molar-refractivity contribution in [1.29, 1.82) is 5.26 Å². The molecule has 0 aliphatic rings. The maximum Gasteiger partial charge on any atom is 0.241 e. The van der Waals surface area contributed by atoms with Crippen LogP contribution in [0.3, 0.4) is 0 Å². The highest BCUT2D eigenvalue weighted by molar-refractivity contribution is 6.42. The normalized spacial score (nSPS) is 11.6. The van der Waals surface area contributed by atoms with Crippen LogP contribution in [0.15, 0.2) is 42.5 Å². The van der Waals surface area contributed by atoms with Crippen molar-refractivity contribution in [2.75, 3.05) is 24.2 Å². The fourth-order valence-electron chi connectivity index (χ4n) is 2.26. The molecule has 1 atom stereocenters. The molecule has 0 saturated heterocycles. The minimum atomic E-state index is -0.587. The second-order valence-corrected chi connectivity index (χ2v) is 6.73. The number of benzene rings is 2. The SMILES string of the molecule is CC(C(=O)Nc1ccccc1C#N)N(C)CC(=O)Nc1ccc(Cl)c(Cl)c1. The fourth-order valence-corrected chi connectivity index (χ4v) is 2.56. The smallest absolute Gasteiger partial charge is 0.241 e. The first-order valence-corrected chi connectivity index (χ1v) is 8.82. The van der Waals surface area contributed by atoms with Crippen LogP contribution in [0.4, 0.5) is 11.4 Å². The summed E-state index contributed by atoms with van der Waals surface area (Å²) in [5.41, 5.74) is 1.33. The van der Waals surface area contributed by atoms with E-state index in [4.69, 9.17) is 28.5 Å². The van der Waals surface area contributed by atoms with Crippen molar-refractivity contribution in [2.24, 2.45) is 0 Å². The molecular weight excluding hydrogens is 387 g/mol. The Bertz CT molecular complexity index is 896. The quantitative estimate of drug-likeness (QED) is 0.767. The number of hydrogen-bond donors (Lipinski definition) is 2. The number of nitriles is 1. The van der Waals surface area contributed by atoms with E-state index >= 15 is 0 Å². The van der Waals surface area contributed by atoms with Crippen LogP contribution in [0.25, 0.3) is 0 Å². The lowest BCUT2D eigenvalue weighted by Crippen LogP contribution is -2.43. The number of nitrogens with zero attached hydrogens (tertiary/aromatic N) is 2. The highest BCUT2D eigenvalue weighted by Gasteiger charge is 2.21. The number of para-hydroxylation sites is 1. The number of nitrogens with one attached hydrogen (secondary N) is 2. The van der Waals surface area contributed by atoms with Gasteiger partial charge in [0.2, 0.25) is 11.8 Å². The summed E-state index contributed by atoms with van der Waals surface area (Å²) in [4.78, 5) is 26.2. The molecule has 2 amide bonds. The van der Waals surface area contributed by atoms with E-state index in [2.05, 4.69) is 10.6 Å². The molecule has 0 spiro atoms. The summed E-state index contributed by atoms with van der Waals surface area (Å²) in [6.45, 7) is 1.67. The molecule has 2 aromatic carbocycles. The van der Waals surface area contributed by atoms with Gasteiger partial charge in [0.05, 0.1) is 33.9 Å². The van der Waals surface area contributed by atoms with Gasteiger partial charge in [-0.25, -0.2) is 0 Å².